The number of carboxylic acid groups (broad SMARTS) is 2. The minimum Gasteiger partial charge on any atom is -0.473 e. The maximum Gasteiger partial charge on any atom is 0.414 e. The number of hydrogen-bond acceptors (Lipinski definition) is 3. The van der Waals surface area contributed by atoms with Gasteiger partial charge in [-0.15, -0.1) is 0 Å². The highest BCUT2D eigenvalue weighted by atomic mass is 19.1. The number of hydrogen-bond donors (Lipinski definition) is 2. The molecule has 7 heteroatoms. The Kier molecular flexibility index (Phi) is 13.3. The summed E-state index contributed by atoms with van der Waals surface area (Å²) in [4.78, 5) is 20.7. The van der Waals surface area contributed by atoms with Gasteiger partial charge in [-0.3, -0.25) is 0 Å². The van der Waals surface area contributed by atoms with E-state index in [9.17, 15) is 8.78 Å². The van der Waals surface area contributed by atoms with Gasteiger partial charge in [-0.2, -0.15) is 0 Å². The predicted octanol–water partition coefficient (Wildman–Crippen LogP) is 5.84. The van der Waals surface area contributed by atoms with Gasteiger partial charge in [-0.05, 0) is 73.3 Å². The molecule has 0 radical (unpaired) electrons. The summed E-state index contributed by atoms with van der Waals surface area (Å²) in [5.41, 5.74) is 2.94. The fraction of sp³-hybridized carbons (Fsp3) is 0.385. The number of halogens is 2. The molecule has 0 aliphatic carbocycles. The van der Waals surface area contributed by atoms with Crippen molar-refractivity contribution >= 4 is 17.5 Å². The van der Waals surface area contributed by atoms with E-state index in [4.69, 9.17) is 19.8 Å². The summed E-state index contributed by atoms with van der Waals surface area (Å²) in [6.07, 6.45) is 7.96. The second-order valence-corrected chi connectivity index (χ2v) is 7.58. The van der Waals surface area contributed by atoms with Crippen molar-refractivity contribution in [3.8, 4) is 0 Å². The lowest BCUT2D eigenvalue weighted by atomic mass is 9.96. The molecule has 5 nitrogen and oxygen atoms in total. The third-order valence-corrected chi connectivity index (χ3v) is 4.94. The smallest absolute Gasteiger partial charge is 0.414 e. The summed E-state index contributed by atoms with van der Waals surface area (Å²) in [6.45, 7) is 7.71. The molecule has 0 saturated carbocycles. The van der Waals surface area contributed by atoms with Crippen molar-refractivity contribution in [3.63, 3.8) is 0 Å². The predicted molar refractivity (Wildman–Crippen MR) is 126 cm³/mol. The van der Waals surface area contributed by atoms with Gasteiger partial charge < -0.3 is 15.1 Å². The Balaban J connectivity index is 0.000000801. The van der Waals surface area contributed by atoms with Crippen LogP contribution in [0.2, 0.25) is 0 Å². The molecule has 2 aromatic carbocycles. The number of unbranched alkanes of at least 4 members (excludes halogenated alkanes) is 2. The van der Waals surface area contributed by atoms with Crippen LogP contribution in [0, 0.1) is 11.6 Å². The van der Waals surface area contributed by atoms with E-state index < -0.39 is 11.9 Å². The highest BCUT2D eigenvalue weighted by molar-refractivity contribution is 6.27. The highest BCUT2D eigenvalue weighted by Crippen LogP contribution is 2.24. The van der Waals surface area contributed by atoms with E-state index in [2.05, 4.69) is 24.8 Å². The minimum atomic E-state index is -1.82. The molecule has 33 heavy (non-hydrogen) atoms. The van der Waals surface area contributed by atoms with Gasteiger partial charge in [0.25, 0.3) is 0 Å². The van der Waals surface area contributed by atoms with Crippen LogP contribution in [0.3, 0.4) is 0 Å². The number of carboxylic acids is 2. The van der Waals surface area contributed by atoms with Crippen molar-refractivity contribution in [1.29, 1.82) is 0 Å². The minimum absolute atomic E-state index is 0.248. The molecule has 0 heterocycles. The van der Waals surface area contributed by atoms with Gasteiger partial charge in [0.05, 0.1) is 0 Å². The molecule has 0 bridgehead atoms. The van der Waals surface area contributed by atoms with Crippen LogP contribution in [-0.4, -0.2) is 46.7 Å². The first-order valence-electron chi connectivity index (χ1n) is 11.2. The van der Waals surface area contributed by atoms with Crippen molar-refractivity contribution in [3.05, 3.63) is 77.4 Å². The molecule has 0 aliphatic heterocycles. The number of nitrogens with zero attached hydrogens (tertiary/aromatic N) is 1. The third kappa shape index (κ3) is 11.4. The van der Waals surface area contributed by atoms with Crippen LogP contribution in [0.15, 0.2) is 54.6 Å². The summed E-state index contributed by atoms with van der Waals surface area (Å²) in [6, 6.07) is 13.0. The van der Waals surface area contributed by atoms with Gasteiger partial charge in [0.15, 0.2) is 0 Å². The van der Waals surface area contributed by atoms with E-state index in [-0.39, 0.29) is 11.6 Å². The topological polar surface area (TPSA) is 77.8 Å². The molecule has 0 atom stereocenters. The van der Waals surface area contributed by atoms with Crippen molar-refractivity contribution in [2.45, 2.75) is 46.0 Å². The molecular weight excluding hydrogens is 428 g/mol. The first kappa shape index (κ1) is 28.0. The van der Waals surface area contributed by atoms with Crippen LogP contribution in [0.1, 0.15) is 57.1 Å². The summed E-state index contributed by atoms with van der Waals surface area (Å²) < 4.78 is 26.6. The quantitative estimate of drug-likeness (QED) is 0.411. The van der Waals surface area contributed by atoms with E-state index in [0.29, 0.717) is 0 Å². The van der Waals surface area contributed by atoms with Crippen LogP contribution in [-0.2, 0) is 9.59 Å². The molecule has 0 saturated heterocycles. The van der Waals surface area contributed by atoms with Crippen LogP contribution in [0.5, 0.6) is 0 Å². The normalized spacial score (nSPS) is 10.3. The average molecular weight is 462 g/mol. The molecule has 0 fully saturated rings. The molecular formula is C26H33F2NO4. The SMILES string of the molecule is CCCCN(CCC=C(c1ccc(F)cc1)c1ccc(F)cc1)CCCC.O=C(O)C(=O)O. The van der Waals surface area contributed by atoms with Crippen LogP contribution < -0.4 is 0 Å². The molecule has 0 unspecified atom stereocenters. The summed E-state index contributed by atoms with van der Waals surface area (Å²) in [5, 5.41) is 14.8. The van der Waals surface area contributed by atoms with Crippen molar-refractivity contribution in [1.82, 2.24) is 4.90 Å². The molecule has 2 rings (SSSR count). The summed E-state index contributed by atoms with van der Waals surface area (Å²) in [5.74, 6) is -4.14. The van der Waals surface area contributed by atoms with Gasteiger partial charge in [0.2, 0.25) is 0 Å². The van der Waals surface area contributed by atoms with E-state index in [1.165, 1.54) is 49.9 Å². The maximum absolute atomic E-state index is 13.3. The maximum atomic E-state index is 13.3. The Bertz CT molecular complexity index is 813. The lowest BCUT2D eigenvalue weighted by Gasteiger charge is -2.21. The Morgan fingerprint density at radius 3 is 1.48 bits per heavy atom. The second-order valence-electron chi connectivity index (χ2n) is 7.58. The van der Waals surface area contributed by atoms with Gasteiger partial charge in [-0.1, -0.05) is 57.0 Å². The highest BCUT2D eigenvalue weighted by Gasteiger charge is 2.08. The standard InChI is InChI=1S/C24H31F2N.C2H2O4/c1-3-5-17-27(18-6-4-2)19-7-8-24(20-9-13-22(25)14-10-20)21-11-15-23(26)16-12-21;3-1(4)2(5)6/h8-16H,3-7,17-19H2,1-2H3;(H,3,4)(H,5,6). The molecule has 0 amide bonds. The molecule has 0 aliphatic rings. The van der Waals surface area contributed by atoms with Crippen molar-refractivity contribution in [2.24, 2.45) is 0 Å². The lowest BCUT2D eigenvalue weighted by Crippen LogP contribution is -2.27. The zero-order chi connectivity index (χ0) is 24.6. The molecule has 0 spiro atoms. The fourth-order valence-corrected chi connectivity index (χ4v) is 3.15. The Morgan fingerprint density at radius 2 is 1.15 bits per heavy atom. The Labute approximate surface area is 194 Å². The molecule has 2 aromatic rings. The number of rotatable bonds is 11. The summed E-state index contributed by atoms with van der Waals surface area (Å²) in [7, 11) is 0. The third-order valence-electron chi connectivity index (χ3n) is 4.94. The van der Waals surface area contributed by atoms with Gasteiger partial charge in [0, 0.05) is 6.54 Å². The first-order valence-corrected chi connectivity index (χ1v) is 11.2. The Morgan fingerprint density at radius 1 is 0.758 bits per heavy atom. The monoisotopic (exact) mass is 461 g/mol. The van der Waals surface area contributed by atoms with E-state index >= 15 is 0 Å². The number of carbonyl (C=O) groups is 2. The van der Waals surface area contributed by atoms with Crippen molar-refractivity contribution < 1.29 is 28.6 Å². The van der Waals surface area contributed by atoms with Crippen LogP contribution in [0.4, 0.5) is 8.78 Å². The zero-order valence-corrected chi connectivity index (χ0v) is 19.3. The number of benzene rings is 2. The van der Waals surface area contributed by atoms with E-state index in [1.54, 1.807) is 24.3 Å². The largest absolute Gasteiger partial charge is 0.473 e. The van der Waals surface area contributed by atoms with E-state index in [1.807, 2.05) is 0 Å². The lowest BCUT2D eigenvalue weighted by molar-refractivity contribution is -0.159. The van der Waals surface area contributed by atoms with E-state index in [0.717, 1.165) is 42.8 Å². The van der Waals surface area contributed by atoms with Crippen LogP contribution in [0.25, 0.3) is 5.57 Å². The Hall–Kier alpha value is -3.06. The fourth-order valence-electron chi connectivity index (χ4n) is 3.15. The summed E-state index contributed by atoms with van der Waals surface area (Å²) >= 11 is 0. The van der Waals surface area contributed by atoms with Crippen molar-refractivity contribution in [2.75, 3.05) is 19.6 Å². The molecule has 2 N–H and O–H groups in total. The first-order chi connectivity index (χ1) is 15.8. The average Bonchev–Trinajstić information content (AvgIpc) is 2.80. The van der Waals surface area contributed by atoms with Gasteiger partial charge in [0.1, 0.15) is 11.6 Å². The van der Waals surface area contributed by atoms with Crippen LogP contribution >= 0.6 is 0 Å². The van der Waals surface area contributed by atoms with Gasteiger partial charge in [-0.25, -0.2) is 18.4 Å². The molecule has 0 aromatic heterocycles. The molecule has 180 valence electrons. The second kappa shape index (κ2) is 15.7. The zero-order valence-electron chi connectivity index (χ0n) is 19.3. The van der Waals surface area contributed by atoms with Gasteiger partial charge >= 0.3 is 11.9 Å². The number of aliphatic carboxylic acids is 2.